The summed E-state index contributed by atoms with van der Waals surface area (Å²) in [6.07, 6.45) is 3.53. The number of rotatable bonds is 4. The zero-order chi connectivity index (χ0) is 11.4. The van der Waals surface area contributed by atoms with Crippen LogP contribution in [0.15, 0.2) is 30.6 Å². The number of nitrogens with zero attached hydrogens (tertiary/aromatic N) is 3. The molecule has 0 bridgehead atoms. The predicted molar refractivity (Wildman–Crippen MR) is 64.5 cm³/mol. The van der Waals surface area contributed by atoms with Gasteiger partial charge in [0, 0.05) is 38.2 Å². The van der Waals surface area contributed by atoms with E-state index in [2.05, 4.69) is 20.5 Å². The first kappa shape index (κ1) is 10.5. The quantitative estimate of drug-likeness (QED) is 0.814. The van der Waals surface area contributed by atoms with Gasteiger partial charge in [0.05, 0.1) is 12.2 Å². The number of anilines is 2. The van der Waals surface area contributed by atoms with Crippen LogP contribution in [-0.4, -0.2) is 29.3 Å². The smallest absolute Gasteiger partial charge is 0.128 e. The fraction of sp³-hybridized carbons (Fsp3) is 0.273. The normalized spacial score (nSPS) is 10.1. The van der Waals surface area contributed by atoms with Crippen LogP contribution in [0.5, 0.6) is 0 Å². The third kappa shape index (κ3) is 2.50. The van der Waals surface area contributed by atoms with Gasteiger partial charge in [0.25, 0.3) is 0 Å². The molecule has 2 rings (SSSR count). The van der Waals surface area contributed by atoms with Gasteiger partial charge >= 0.3 is 0 Å². The Kier molecular flexibility index (Phi) is 3.05. The second-order valence-electron chi connectivity index (χ2n) is 3.73. The summed E-state index contributed by atoms with van der Waals surface area (Å²) in [6.45, 7) is 0.698. The van der Waals surface area contributed by atoms with Gasteiger partial charge in [-0.25, -0.2) is 4.98 Å². The molecule has 2 aromatic heterocycles. The van der Waals surface area contributed by atoms with Gasteiger partial charge < -0.3 is 10.2 Å². The Balaban J connectivity index is 2.01. The molecule has 5 nitrogen and oxygen atoms in total. The summed E-state index contributed by atoms with van der Waals surface area (Å²) >= 11 is 0. The molecule has 16 heavy (non-hydrogen) atoms. The lowest BCUT2D eigenvalue weighted by atomic mass is 10.3. The van der Waals surface area contributed by atoms with Crippen molar-refractivity contribution >= 4 is 11.5 Å². The maximum atomic E-state index is 4.25. The molecule has 2 heterocycles. The molecule has 0 aliphatic carbocycles. The summed E-state index contributed by atoms with van der Waals surface area (Å²) in [5, 5.41) is 10.0. The second kappa shape index (κ2) is 4.65. The van der Waals surface area contributed by atoms with Crippen LogP contribution in [-0.2, 0) is 6.54 Å². The van der Waals surface area contributed by atoms with Crippen LogP contribution in [0.3, 0.4) is 0 Å². The average Bonchev–Trinajstić information content (AvgIpc) is 2.79. The Hall–Kier alpha value is -2.04. The van der Waals surface area contributed by atoms with Crippen LogP contribution in [0, 0.1) is 0 Å². The minimum absolute atomic E-state index is 0.698. The predicted octanol–water partition coefficient (Wildman–Crippen LogP) is 1.48. The maximum Gasteiger partial charge on any atom is 0.128 e. The Morgan fingerprint density at radius 2 is 2.19 bits per heavy atom. The average molecular weight is 217 g/mol. The monoisotopic (exact) mass is 217 g/mol. The van der Waals surface area contributed by atoms with Crippen molar-refractivity contribution in [2.24, 2.45) is 0 Å². The van der Waals surface area contributed by atoms with Crippen LogP contribution < -0.4 is 10.2 Å². The fourth-order valence-corrected chi connectivity index (χ4v) is 1.36. The molecule has 0 saturated heterocycles. The molecule has 0 atom stereocenters. The molecule has 0 radical (unpaired) electrons. The first-order valence-corrected chi connectivity index (χ1v) is 5.11. The Morgan fingerprint density at radius 3 is 2.88 bits per heavy atom. The number of aromatic amines is 1. The van der Waals surface area contributed by atoms with Gasteiger partial charge in [-0.3, -0.25) is 5.10 Å². The molecular weight excluding hydrogens is 202 g/mol. The van der Waals surface area contributed by atoms with Crippen molar-refractivity contribution in [3.63, 3.8) is 0 Å². The number of aromatic nitrogens is 3. The molecule has 0 amide bonds. The van der Waals surface area contributed by atoms with E-state index in [-0.39, 0.29) is 0 Å². The van der Waals surface area contributed by atoms with E-state index < -0.39 is 0 Å². The molecule has 0 aliphatic heterocycles. The number of H-pyrrole nitrogens is 1. The molecule has 84 valence electrons. The topological polar surface area (TPSA) is 56.8 Å². The van der Waals surface area contributed by atoms with Crippen molar-refractivity contribution in [1.82, 2.24) is 15.2 Å². The Bertz CT molecular complexity index is 435. The molecule has 0 spiro atoms. The van der Waals surface area contributed by atoms with Crippen LogP contribution in [0.4, 0.5) is 11.5 Å². The summed E-state index contributed by atoms with van der Waals surface area (Å²) in [4.78, 5) is 6.29. The highest BCUT2D eigenvalue weighted by molar-refractivity contribution is 5.52. The highest BCUT2D eigenvalue weighted by atomic mass is 15.1. The third-order valence-electron chi connectivity index (χ3n) is 2.28. The van der Waals surface area contributed by atoms with Crippen LogP contribution in [0.25, 0.3) is 0 Å². The van der Waals surface area contributed by atoms with Crippen LogP contribution in [0.2, 0.25) is 0 Å². The van der Waals surface area contributed by atoms with Gasteiger partial charge in [0.15, 0.2) is 0 Å². The molecule has 2 N–H and O–H groups in total. The Labute approximate surface area is 94.5 Å². The van der Waals surface area contributed by atoms with E-state index in [0.717, 1.165) is 17.2 Å². The standard InChI is InChI=1S/C11H15N5/c1-16(2)10-4-5-12-11(7-10)13-8-9-3-6-14-15-9/h3-7H,8H2,1-2H3,(H,12,13)(H,14,15). The molecule has 0 saturated carbocycles. The molecule has 0 unspecified atom stereocenters. The van der Waals surface area contributed by atoms with Gasteiger partial charge in [-0.15, -0.1) is 0 Å². The highest BCUT2D eigenvalue weighted by Gasteiger charge is 1.99. The largest absolute Gasteiger partial charge is 0.378 e. The van der Waals surface area contributed by atoms with Gasteiger partial charge in [-0.1, -0.05) is 0 Å². The highest BCUT2D eigenvalue weighted by Crippen LogP contribution is 2.14. The summed E-state index contributed by atoms with van der Waals surface area (Å²) in [5.74, 6) is 0.862. The number of pyridine rings is 1. The number of nitrogens with one attached hydrogen (secondary N) is 2. The minimum atomic E-state index is 0.698. The molecule has 0 fully saturated rings. The fourth-order valence-electron chi connectivity index (χ4n) is 1.36. The lowest BCUT2D eigenvalue weighted by Crippen LogP contribution is -2.09. The van der Waals surface area contributed by atoms with Gasteiger partial charge in [0.1, 0.15) is 5.82 Å². The molecule has 5 heteroatoms. The van der Waals surface area contributed by atoms with Crippen molar-refractivity contribution in [1.29, 1.82) is 0 Å². The van der Waals surface area contributed by atoms with Crippen molar-refractivity contribution in [2.75, 3.05) is 24.3 Å². The zero-order valence-corrected chi connectivity index (χ0v) is 9.44. The third-order valence-corrected chi connectivity index (χ3v) is 2.28. The van der Waals surface area contributed by atoms with Crippen LogP contribution in [0.1, 0.15) is 5.69 Å². The summed E-state index contributed by atoms with van der Waals surface area (Å²) in [5.41, 5.74) is 2.17. The van der Waals surface area contributed by atoms with Gasteiger partial charge in [-0.05, 0) is 12.1 Å². The Morgan fingerprint density at radius 1 is 1.31 bits per heavy atom. The van der Waals surface area contributed by atoms with E-state index in [1.165, 1.54) is 0 Å². The van der Waals surface area contributed by atoms with Crippen molar-refractivity contribution in [3.05, 3.63) is 36.3 Å². The molecule has 2 aromatic rings. The first-order valence-electron chi connectivity index (χ1n) is 5.11. The lowest BCUT2D eigenvalue weighted by Gasteiger charge is -2.13. The van der Waals surface area contributed by atoms with E-state index in [1.54, 1.807) is 12.4 Å². The van der Waals surface area contributed by atoms with Gasteiger partial charge in [0.2, 0.25) is 0 Å². The van der Waals surface area contributed by atoms with E-state index in [4.69, 9.17) is 0 Å². The SMILES string of the molecule is CN(C)c1ccnc(NCc2ccn[nH]2)c1. The molecule has 0 aromatic carbocycles. The van der Waals surface area contributed by atoms with Crippen molar-refractivity contribution < 1.29 is 0 Å². The number of hydrogen-bond acceptors (Lipinski definition) is 4. The van der Waals surface area contributed by atoms with E-state index in [0.29, 0.717) is 6.54 Å². The van der Waals surface area contributed by atoms with E-state index in [1.807, 2.05) is 37.2 Å². The minimum Gasteiger partial charge on any atom is -0.378 e. The summed E-state index contributed by atoms with van der Waals surface area (Å²) in [7, 11) is 4.02. The lowest BCUT2D eigenvalue weighted by molar-refractivity contribution is 0.973. The van der Waals surface area contributed by atoms with Crippen LogP contribution >= 0.6 is 0 Å². The molecule has 0 aliphatic rings. The maximum absolute atomic E-state index is 4.25. The van der Waals surface area contributed by atoms with E-state index in [9.17, 15) is 0 Å². The first-order chi connectivity index (χ1) is 7.75. The zero-order valence-electron chi connectivity index (χ0n) is 9.44. The summed E-state index contributed by atoms with van der Waals surface area (Å²) < 4.78 is 0. The summed E-state index contributed by atoms with van der Waals surface area (Å²) in [6, 6.07) is 5.92. The molecular formula is C11H15N5. The van der Waals surface area contributed by atoms with Crippen molar-refractivity contribution in [3.8, 4) is 0 Å². The van der Waals surface area contributed by atoms with E-state index >= 15 is 0 Å². The van der Waals surface area contributed by atoms with Crippen molar-refractivity contribution in [2.45, 2.75) is 6.54 Å². The second-order valence-corrected chi connectivity index (χ2v) is 3.73. The van der Waals surface area contributed by atoms with Gasteiger partial charge in [-0.2, -0.15) is 5.10 Å². The number of hydrogen-bond donors (Lipinski definition) is 2.